The summed E-state index contributed by atoms with van der Waals surface area (Å²) < 4.78 is 18.7. The number of ether oxygens (including phenoxy) is 1. The van der Waals surface area contributed by atoms with Crippen LogP contribution in [0.5, 0.6) is 5.75 Å². The lowest BCUT2D eigenvalue weighted by Gasteiger charge is -2.40. The summed E-state index contributed by atoms with van der Waals surface area (Å²) in [5.74, 6) is -0.0378. The Balaban J connectivity index is 1.45. The number of likely N-dealkylation sites (tertiary alicyclic amines) is 1. The molecule has 6 nitrogen and oxygen atoms in total. The highest BCUT2D eigenvalue weighted by Crippen LogP contribution is 2.29. The molecule has 2 aliphatic rings. The molecule has 1 unspecified atom stereocenters. The molecule has 0 radical (unpaired) electrons. The predicted molar refractivity (Wildman–Crippen MR) is 117 cm³/mol. The Bertz CT molecular complexity index is 926. The van der Waals surface area contributed by atoms with E-state index in [2.05, 4.69) is 9.80 Å². The second kappa shape index (κ2) is 9.47. The highest BCUT2D eigenvalue weighted by molar-refractivity contribution is 6.06. The molecule has 4 rings (SSSR count). The molecule has 2 aromatic carbocycles. The molecule has 0 aromatic heterocycles. The summed E-state index contributed by atoms with van der Waals surface area (Å²) in [5.41, 5.74) is 1.40. The van der Waals surface area contributed by atoms with Crippen molar-refractivity contribution >= 4 is 17.5 Å². The first-order valence-electron chi connectivity index (χ1n) is 10.8. The van der Waals surface area contributed by atoms with E-state index >= 15 is 0 Å². The van der Waals surface area contributed by atoms with Crippen LogP contribution in [0, 0.1) is 5.82 Å². The zero-order valence-electron chi connectivity index (χ0n) is 17.8. The number of benzene rings is 2. The number of para-hydroxylation sites is 2. The third-order valence-electron chi connectivity index (χ3n) is 6.18. The second-order valence-electron chi connectivity index (χ2n) is 8.01. The highest BCUT2D eigenvalue weighted by atomic mass is 19.1. The summed E-state index contributed by atoms with van der Waals surface area (Å²) >= 11 is 0. The van der Waals surface area contributed by atoms with E-state index in [-0.39, 0.29) is 17.9 Å². The number of imide groups is 1. The van der Waals surface area contributed by atoms with Gasteiger partial charge in [0, 0.05) is 38.3 Å². The average molecular weight is 426 g/mol. The van der Waals surface area contributed by atoms with E-state index in [9.17, 15) is 14.0 Å². The van der Waals surface area contributed by atoms with Crippen molar-refractivity contribution in [3.8, 4) is 5.75 Å². The molecule has 0 aliphatic carbocycles. The van der Waals surface area contributed by atoms with E-state index in [1.807, 2.05) is 24.3 Å². The van der Waals surface area contributed by atoms with Gasteiger partial charge in [-0.1, -0.05) is 12.1 Å². The lowest BCUT2D eigenvalue weighted by Crippen LogP contribution is -2.56. The van der Waals surface area contributed by atoms with Crippen molar-refractivity contribution in [3.05, 3.63) is 59.9 Å². The molecule has 2 saturated heterocycles. The molecule has 164 valence electrons. The van der Waals surface area contributed by atoms with Gasteiger partial charge in [-0.25, -0.2) is 4.39 Å². The quantitative estimate of drug-likeness (QED) is 0.705. The summed E-state index contributed by atoms with van der Waals surface area (Å²) in [4.78, 5) is 32.1. The standard InChI is InChI=1S/C24H28FN3O3/c1-31-22-8-3-2-6-20(22)26-14-16-27(17-15-26)21-7-4-5-13-28(24(21)30)23(29)18-9-11-19(25)12-10-18/h2-3,6,8-12,21H,4-5,7,13-17H2,1H3. The molecule has 2 amide bonds. The van der Waals surface area contributed by atoms with Gasteiger partial charge in [0.15, 0.2) is 0 Å². The summed E-state index contributed by atoms with van der Waals surface area (Å²) in [7, 11) is 1.67. The normalized spacial score (nSPS) is 20.5. The van der Waals surface area contributed by atoms with E-state index in [0.29, 0.717) is 12.1 Å². The number of rotatable bonds is 4. The third-order valence-corrected chi connectivity index (χ3v) is 6.18. The van der Waals surface area contributed by atoms with Crippen molar-refractivity contribution in [2.24, 2.45) is 0 Å². The number of methoxy groups -OCH3 is 1. The topological polar surface area (TPSA) is 53.1 Å². The van der Waals surface area contributed by atoms with Crippen molar-refractivity contribution in [1.82, 2.24) is 9.80 Å². The Morgan fingerprint density at radius 1 is 0.968 bits per heavy atom. The molecule has 0 bridgehead atoms. The van der Waals surface area contributed by atoms with Gasteiger partial charge in [0.1, 0.15) is 11.6 Å². The number of halogens is 1. The van der Waals surface area contributed by atoms with Gasteiger partial charge < -0.3 is 9.64 Å². The van der Waals surface area contributed by atoms with E-state index in [0.717, 1.165) is 56.9 Å². The molecule has 2 fully saturated rings. The van der Waals surface area contributed by atoms with Crippen LogP contribution in [0.4, 0.5) is 10.1 Å². The van der Waals surface area contributed by atoms with Crippen molar-refractivity contribution in [2.75, 3.05) is 44.7 Å². The first-order chi connectivity index (χ1) is 15.1. The van der Waals surface area contributed by atoms with Gasteiger partial charge in [-0.05, 0) is 55.7 Å². The van der Waals surface area contributed by atoms with E-state index in [1.54, 1.807) is 7.11 Å². The number of anilines is 1. The van der Waals surface area contributed by atoms with Crippen LogP contribution in [0.25, 0.3) is 0 Å². The molecular formula is C24H28FN3O3. The summed E-state index contributed by atoms with van der Waals surface area (Å²) in [6.07, 6.45) is 2.44. The Labute approximate surface area is 182 Å². The van der Waals surface area contributed by atoms with E-state index in [1.165, 1.54) is 29.2 Å². The summed E-state index contributed by atoms with van der Waals surface area (Å²) in [5, 5.41) is 0. The number of carbonyl (C=O) groups excluding carboxylic acids is 2. The molecule has 0 N–H and O–H groups in total. The van der Waals surface area contributed by atoms with Crippen LogP contribution < -0.4 is 9.64 Å². The molecule has 7 heteroatoms. The van der Waals surface area contributed by atoms with Crippen molar-refractivity contribution in [1.29, 1.82) is 0 Å². The molecule has 31 heavy (non-hydrogen) atoms. The average Bonchev–Trinajstić information content (AvgIpc) is 3.00. The molecule has 2 aliphatic heterocycles. The SMILES string of the molecule is COc1ccccc1N1CCN(C2CCCCN(C(=O)c3ccc(F)cc3)C2=O)CC1. The first kappa shape index (κ1) is 21.3. The van der Waals surface area contributed by atoms with Gasteiger partial charge in [-0.3, -0.25) is 19.4 Å². The minimum absolute atomic E-state index is 0.141. The lowest BCUT2D eigenvalue weighted by molar-refractivity contribution is -0.134. The fourth-order valence-electron chi connectivity index (χ4n) is 4.48. The van der Waals surface area contributed by atoms with Gasteiger partial charge in [0.05, 0.1) is 18.8 Å². The zero-order chi connectivity index (χ0) is 21.8. The van der Waals surface area contributed by atoms with E-state index in [4.69, 9.17) is 4.74 Å². The van der Waals surface area contributed by atoms with E-state index < -0.39 is 5.82 Å². The van der Waals surface area contributed by atoms with Gasteiger partial charge >= 0.3 is 0 Å². The number of hydrogen-bond acceptors (Lipinski definition) is 5. The Morgan fingerprint density at radius 3 is 2.39 bits per heavy atom. The Kier molecular flexibility index (Phi) is 6.51. The Hall–Kier alpha value is -2.93. The van der Waals surface area contributed by atoms with Crippen molar-refractivity contribution in [3.63, 3.8) is 0 Å². The van der Waals surface area contributed by atoms with Crippen molar-refractivity contribution < 1.29 is 18.7 Å². The molecule has 2 heterocycles. The van der Waals surface area contributed by atoms with Crippen LogP contribution in [-0.4, -0.2) is 67.5 Å². The monoisotopic (exact) mass is 425 g/mol. The lowest BCUT2D eigenvalue weighted by atomic mass is 10.1. The smallest absolute Gasteiger partial charge is 0.260 e. The second-order valence-corrected chi connectivity index (χ2v) is 8.01. The van der Waals surface area contributed by atoms with Crippen LogP contribution in [0.2, 0.25) is 0 Å². The maximum Gasteiger partial charge on any atom is 0.260 e. The van der Waals surface area contributed by atoms with Crippen LogP contribution in [0.3, 0.4) is 0 Å². The predicted octanol–water partition coefficient (Wildman–Crippen LogP) is 3.18. The maximum atomic E-state index is 13.3. The number of carbonyl (C=O) groups is 2. The summed E-state index contributed by atoms with van der Waals surface area (Å²) in [6.45, 7) is 3.47. The van der Waals surface area contributed by atoms with Crippen LogP contribution in [-0.2, 0) is 4.79 Å². The Morgan fingerprint density at radius 2 is 1.68 bits per heavy atom. The number of piperazine rings is 1. The van der Waals surface area contributed by atoms with Crippen LogP contribution >= 0.6 is 0 Å². The van der Waals surface area contributed by atoms with Gasteiger partial charge in [-0.2, -0.15) is 0 Å². The van der Waals surface area contributed by atoms with Crippen molar-refractivity contribution in [2.45, 2.75) is 25.3 Å². The molecule has 0 spiro atoms. The highest BCUT2D eigenvalue weighted by Gasteiger charge is 2.36. The molecular weight excluding hydrogens is 397 g/mol. The molecule has 1 atom stereocenters. The first-order valence-corrected chi connectivity index (χ1v) is 10.8. The van der Waals surface area contributed by atoms with Gasteiger partial charge in [0.25, 0.3) is 5.91 Å². The zero-order valence-corrected chi connectivity index (χ0v) is 17.8. The largest absolute Gasteiger partial charge is 0.495 e. The number of nitrogens with zero attached hydrogens (tertiary/aromatic N) is 3. The minimum atomic E-state index is -0.399. The maximum absolute atomic E-state index is 13.3. The van der Waals surface area contributed by atoms with Crippen LogP contribution in [0.15, 0.2) is 48.5 Å². The fraction of sp³-hybridized carbons (Fsp3) is 0.417. The fourth-order valence-corrected chi connectivity index (χ4v) is 4.48. The van der Waals surface area contributed by atoms with Crippen LogP contribution in [0.1, 0.15) is 29.6 Å². The minimum Gasteiger partial charge on any atom is -0.495 e. The van der Waals surface area contributed by atoms with Gasteiger partial charge in [0.2, 0.25) is 5.91 Å². The third kappa shape index (κ3) is 4.56. The molecule has 0 saturated carbocycles. The number of hydrogen-bond donors (Lipinski definition) is 0. The number of amides is 2. The summed E-state index contributed by atoms with van der Waals surface area (Å²) in [6, 6.07) is 13.0. The van der Waals surface area contributed by atoms with Gasteiger partial charge in [-0.15, -0.1) is 0 Å². The molecule has 2 aromatic rings.